The molecule has 8 nitrogen and oxygen atoms in total. The summed E-state index contributed by atoms with van der Waals surface area (Å²) in [5, 5.41) is 14.9. The third kappa shape index (κ3) is 4.05. The van der Waals surface area contributed by atoms with Crippen LogP contribution in [0.2, 0.25) is 0 Å². The van der Waals surface area contributed by atoms with Crippen LogP contribution in [0, 0.1) is 6.92 Å². The van der Waals surface area contributed by atoms with E-state index in [0.717, 1.165) is 12.0 Å². The quantitative estimate of drug-likeness (QED) is 0.635. The van der Waals surface area contributed by atoms with Crippen LogP contribution in [-0.2, 0) is 34.3 Å². The van der Waals surface area contributed by atoms with Crippen molar-refractivity contribution < 1.29 is 12.9 Å². The van der Waals surface area contributed by atoms with Crippen molar-refractivity contribution in [3.8, 4) is 0 Å². The van der Waals surface area contributed by atoms with Gasteiger partial charge < -0.3 is 4.52 Å². The summed E-state index contributed by atoms with van der Waals surface area (Å²) in [7, 11) is -3.42. The molecule has 0 bridgehead atoms. The van der Waals surface area contributed by atoms with Crippen LogP contribution in [0.5, 0.6) is 0 Å². The molecule has 0 aliphatic carbocycles. The van der Waals surface area contributed by atoms with E-state index in [4.69, 9.17) is 4.52 Å². The molecule has 0 spiro atoms. The molecule has 0 saturated heterocycles. The molecular formula is C15H17N5O3S. The first-order chi connectivity index (χ1) is 11.5. The highest BCUT2D eigenvalue weighted by Gasteiger charge is 2.20. The van der Waals surface area contributed by atoms with Crippen molar-refractivity contribution >= 4 is 9.84 Å². The number of benzene rings is 1. The Balaban J connectivity index is 1.67. The van der Waals surface area contributed by atoms with Crippen LogP contribution >= 0.6 is 0 Å². The Morgan fingerprint density at radius 1 is 1.17 bits per heavy atom. The van der Waals surface area contributed by atoms with Gasteiger partial charge in [-0.1, -0.05) is 35.5 Å². The first-order valence-corrected chi connectivity index (χ1v) is 9.25. The lowest BCUT2D eigenvalue weighted by Gasteiger charge is -2.06. The number of rotatable bonds is 7. The van der Waals surface area contributed by atoms with Crippen LogP contribution in [0.3, 0.4) is 0 Å². The fourth-order valence-corrected chi connectivity index (χ4v) is 3.78. The van der Waals surface area contributed by atoms with Crippen molar-refractivity contribution in [3.05, 3.63) is 59.2 Å². The summed E-state index contributed by atoms with van der Waals surface area (Å²) in [6.45, 7) is 2.20. The van der Waals surface area contributed by atoms with Crippen molar-refractivity contribution in [1.29, 1.82) is 0 Å². The van der Waals surface area contributed by atoms with E-state index in [1.807, 2.05) is 30.3 Å². The molecule has 0 aliphatic rings. The molecule has 3 aromatic rings. The number of hydrogen-bond acceptors (Lipinski definition) is 7. The third-order valence-corrected chi connectivity index (χ3v) is 5.08. The summed E-state index contributed by atoms with van der Waals surface area (Å²) in [6.07, 6.45) is 2.15. The summed E-state index contributed by atoms with van der Waals surface area (Å²) in [5.41, 5.74) is 1.69. The number of nitrogens with zero attached hydrogens (tertiary/aromatic N) is 5. The maximum absolute atomic E-state index is 12.4. The van der Waals surface area contributed by atoms with Crippen molar-refractivity contribution in [3.63, 3.8) is 0 Å². The molecule has 2 aromatic heterocycles. The van der Waals surface area contributed by atoms with Gasteiger partial charge in [0.1, 0.15) is 11.5 Å². The van der Waals surface area contributed by atoms with E-state index in [1.165, 1.54) is 10.9 Å². The Kier molecular flexibility index (Phi) is 4.70. The molecule has 2 heterocycles. The number of sulfone groups is 1. The molecule has 0 atom stereocenters. The first kappa shape index (κ1) is 16.3. The van der Waals surface area contributed by atoms with Gasteiger partial charge in [-0.2, -0.15) is 0 Å². The molecule has 0 unspecified atom stereocenters. The highest BCUT2D eigenvalue weighted by atomic mass is 32.2. The smallest absolute Gasteiger partial charge is 0.166 e. The first-order valence-electron chi connectivity index (χ1n) is 7.43. The predicted molar refractivity (Wildman–Crippen MR) is 85.5 cm³/mol. The van der Waals surface area contributed by atoms with E-state index in [0.29, 0.717) is 23.7 Å². The highest BCUT2D eigenvalue weighted by Crippen LogP contribution is 2.14. The minimum absolute atomic E-state index is 0.145. The SMILES string of the molecule is Cc1oncc1CS(=O)(=O)Cc1nnnn1CCc1ccccc1. The molecule has 3 rings (SSSR count). The van der Waals surface area contributed by atoms with Crippen molar-refractivity contribution in [2.45, 2.75) is 31.4 Å². The van der Waals surface area contributed by atoms with E-state index in [-0.39, 0.29) is 11.5 Å². The second kappa shape index (κ2) is 6.91. The van der Waals surface area contributed by atoms with Gasteiger partial charge in [0, 0.05) is 12.1 Å². The Bertz CT molecular complexity index is 902. The van der Waals surface area contributed by atoms with Gasteiger partial charge in [-0.3, -0.25) is 0 Å². The molecule has 0 saturated carbocycles. The van der Waals surface area contributed by atoms with Gasteiger partial charge in [0.15, 0.2) is 15.7 Å². The molecular weight excluding hydrogens is 330 g/mol. The van der Waals surface area contributed by atoms with Gasteiger partial charge in [-0.15, -0.1) is 5.10 Å². The van der Waals surface area contributed by atoms with E-state index in [1.54, 1.807) is 6.92 Å². The Hall–Kier alpha value is -2.55. The Morgan fingerprint density at radius 2 is 1.96 bits per heavy atom. The van der Waals surface area contributed by atoms with E-state index in [2.05, 4.69) is 20.7 Å². The number of aromatic nitrogens is 5. The topological polar surface area (TPSA) is 104 Å². The second-order valence-corrected chi connectivity index (χ2v) is 7.56. The molecule has 0 N–H and O–H groups in total. The van der Waals surface area contributed by atoms with Crippen LogP contribution < -0.4 is 0 Å². The average Bonchev–Trinajstić information content (AvgIpc) is 3.15. The van der Waals surface area contributed by atoms with Crippen molar-refractivity contribution in [1.82, 2.24) is 25.4 Å². The zero-order valence-corrected chi connectivity index (χ0v) is 14.0. The lowest BCUT2D eigenvalue weighted by atomic mass is 10.1. The van der Waals surface area contributed by atoms with Crippen LogP contribution in [0.4, 0.5) is 0 Å². The normalized spacial score (nSPS) is 11.7. The highest BCUT2D eigenvalue weighted by molar-refractivity contribution is 7.89. The molecule has 0 fully saturated rings. The zero-order valence-electron chi connectivity index (χ0n) is 13.2. The van der Waals surface area contributed by atoms with E-state index < -0.39 is 9.84 Å². The largest absolute Gasteiger partial charge is 0.361 e. The minimum atomic E-state index is -3.42. The van der Waals surface area contributed by atoms with Crippen molar-refractivity contribution in [2.24, 2.45) is 0 Å². The summed E-state index contributed by atoms with van der Waals surface area (Å²) in [4.78, 5) is 0. The predicted octanol–water partition coefficient (Wildman–Crippen LogP) is 1.33. The number of hydrogen-bond donors (Lipinski definition) is 0. The van der Waals surface area contributed by atoms with Crippen LogP contribution in [0.25, 0.3) is 0 Å². The maximum atomic E-state index is 12.4. The van der Waals surface area contributed by atoms with Gasteiger partial charge in [0.2, 0.25) is 0 Å². The second-order valence-electron chi connectivity index (χ2n) is 5.49. The van der Waals surface area contributed by atoms with Crippen LogP contribution in [-0.4, -0.2) is 33.8 Å². The molecule has 24 heavy (non-hydrogen) atoms. The van der Waals surface area contributed by atoms with Gasteiger partial charge in [-0.25, -0.2) is 13.1 Å². The van der Waals surface area contributed by atoms with Crippen molar-refractivity contribution in [2.75, 3.05) is 0 Å². The van der Waals surface area contributed by atoms with Gasteiger partial charge >= 0.3 is 0 Å². The van der Waals surface area contributed by atoms with E-state index in [9.17, 15) is 8.42 Å². The zero-order chi connectivity index (χ0) is 17.0. The average molecular weight is 347 g/mol. The standard InChI is InChI=1S/C15H17N5O3S/c1-12-14(9-16-23-12)10-24(21,22)11-15-17-18-19-20(15)8-7-13-5-3-2-4-6-13/h2-6,9H,7-8,10-11H2,1H3. The molecule has 0 radical (unpaired) electrons. The van der Waals surface area contributed by atoms with Gasteiger partial charge in [0.05, 0.1) is 11.9 Å². The minimum Gasteiger partial charge on any atom is -0.361 e. The molecule has 0 aliphatic heterocycles. The molecule has 0 amide bonds. The number of aryl methyl sites for hydroxylation is 3. The van der Waals surface area contributed by atoms with Crippen LogP contribution in [0.1, 0.15) is 22.7 Å². The fourth-order valence-electron chi connectivity index (χ4n) is 2.32. The summed E-state index contributed by atoms with van der Waals surface area (Å²) < 4.78 is 31.2. The molecule has 126 valence electrons. The van der Waals surface area contributed by atoms with Gasteiger partial charge in [-0.05, 0) is 29.3 Å². The maximum Gasteiger partial charge on any atom is 0.166 e. The monoisotopic (exact) mass is 347 g/mol. The Labute approximate surface area is 139 Å². The number of tetrazole rings is 1. The molecule has 1 aromatic carbocycles. The fraction of sp³-hybridized carbons (Fsp3) is 0.333. The summed E-state index contributed by atoms with van der Waals surface area (Å²) in [5.74, 6) is 0.468. The lowest BCUT2D eigenvalue weighted by molar-refractivity contribution is 0.396. The Morgan fingerprint density at radius 3 is 2.67 bits per heavy atom. The van der Waals surface area contributed by atoms with Gasteiger partial charge in [0.25, 0.3) is 0 Å². The van der Waals surface area contributed by atoms with Crippen LogP contribution in [0.15, 0.2) is 41.1 Å². The molecule has 9 heteroatoms. The lowest BCUT2D eigenvalue weighted by Crippen LogP contribution is -2.14. The van der Waals surface area contributed by atoms with E-state index >= 15 is 0 Å². The summed E-state index contributed by atoms with van der Waals surface area (Å²) >= 11 is 0. The summed E-state index contributed by atoms with van der Waals surface area (Å²) in [6, 6.07) is 9.89. The third-order valence-electron chi connectivity index (χ3n) is 3.64.